The van der Waals surface area contributed by atoms with Crippen LogP contribution in [-0.4, -0.2) is 25.4 Å². The monoisotopic (exact) mass is 474 g/mol. The molecule has 33 heavy (non-hydrogen) atoms. The fourth-order valence-corrected chi connectivity index (χ4v) is 5.52. The van der Waals surface area contributed by atoms with Crippen LogP contribution in [0.1, 0.15) is 88.1 Å². The summed E-state index contributed by atoms with van der Waals surface area (Å²) in [6.45, 7) is 14.6. The van der Waals surface area contributed by atoms with Crippen molar-refractivity contribution in [3.63, 3.8) is 0 Å². The molecule has 0 fully saturated rings. The van der Waals surface area contributed by atoms with Gasteiger partial charge in [0, 0.05) is 5.41 Å². The molecule has 0 aromatic heterocycles. The average molecular weight is 475 g/mol. The Morgan fingerprint density at radius 3 is 1.94 bits per heavy atom. The third-order valence-corrected chi connectivity index (χ3v) is 7.67. The number of rotatable bonds is 11. The summed E-state index contributed by atoms with van der Waals surface area (Å²) >= 11 is 0. The molecule has 2 unspecified atom stereocenters. The first kappa shape index (κ1) is 27.4. The summed E-state index contributed by atoms with van der Waals surface area (Å²) in [5, 5.41) is 10.4. The molecule has 0 amide bonds. The van der Waals surface area contributed by atoms with Crippen LogP contribution in [0.25, 0.3) is 0 Å². The molecule has 0 aliphatic heterocycles. The lowest BCUT2D eigenvalue weighted by atomic mass is 9.69. The summed E-state index contributed by atoms with van der Waals surface area (Å²) in [4.78, 5) is 0. The van der Waals surface area contributed by atoms with E-state index in [-0.39, 0.29) is 5.41 Å². The van der Waals surface area contributed by atoms with E-state index in [1.807, 2.05) is 26.8 Å². The van der Waals surface area contributed by atoms with Crippen molar-refractivity contribution < 1.29 is 17.7 Å². The summed E-state index contributed by atoms with van der Waals surface area (Å²) < 4.78 is 28.3. The van der Waals surface area contributed by atoms with E-state index in [0.29, 0.717) is 11.7 Å². The van der Waals surface area contributed by atoms with Crippen LogP contribution in [0.4, 0.5) is 0 Å². The highest BCUT2D eigenvalue weighted by atomic mass is 32.2. The van der Waals surface area contributed by atoms with Crippen molar-refractivity contribution in [1.82, 2.24) is 0 Å². The molecule has 2 aromatic carbocycles. The topological polar surface area (TPSA) is 63.6 Å². The van der Waals surface area contributed by atoms with Crippen molar-refractivity contribution in [2.45, 2.75) is 91.6 Å². The summed E-state index contributed by atoms with van der Waals surface area (Å²) in [5.41, 5.74) is 5.09. The van der Waals surface area contributed by atoms with Crippen molar-refractivity contribution in [2.75, 3.05) is 6.26 Å². The molecule has 2 rings (SSSR count). The van der Waals surface area contributed by atoms with Crippen molar-refractivity contribution >= 4 is 10.1 Å². The van der Waals surface area contributed by atoms with Crippen LogP contribution in [0.3, 0.4) is 0 Å². The zero-order chi connectivity index (χ0) is 25.0. The molecular formula is C28H42O4S. The van der Waals surface area contributed by atoms with E-state index in [4.69, 9.17) is 4.18 Å². The van der Waals surface area contributed by atoms with Gasteiger partial charge in [0.1, 0.15) is 5.75 Å². The van der Waals surface area contributed by atoms with Gasteiger partial charge in [0.25, 0.3) is 0 Å². The van der Waals surface area contributed by atoms with Gasteiger partial charge < -0.3 is 9.29 Å². The van der Waals surface area contributed by atoms with Gasteiger partial charge in [-0.25, -0.2) is 0 Å². The Morgan fingerprint density at radius 2 is 1.48 bits per heavy atom. The number of hydrogen-bond acceptors (Lipinski definition) is 4. The second-order valence-electron chi connectivity index (χ2n) is 10.1. The summed E-state index contributed by atoms with van der Waals surface area (Å²) in [6, 6.07) is 12.6. The molecule has 1 N–H and O–H groups in total. The Balaban J connectivity index is 2.39. The first-order valence-corrected chi connectivity index (χ1v) is 13.9. The fraction of sp³-hybridized carbons (Fsp3) is 0.571. The highest BCUT2D eigenvalue weighted by Crippen LogP contribution is 2.41. The normalized spacial score (nSPS) is 15.2. The predicted octanol–water partition coefficient (Wildman–Crippen LogP) is 6.48. The Morgan fingerprint density at radius 1 is 0.939 bits per heavy atom. The molecule has 0 bridgehead atoms. The molecule has 0 saturated heterocycles. The third-order valence-electron chi connectivity index (χ3n) is 7.19. The van der Waals surface area contributed by atoms with Gasteiger partial charge in [0.2, 0.25) is 0 Å². The van der Waals surface area contributed by atoms with E-state index in [1.165, 1.54) is 22.3 Å². The molecule has 2 atom stereocenters. The molecule has 0 spiro atoms. The molecule has 0 aliphatic rings. The standard InChI is InChI=1S/C28H42O4S/c1-9-27(7,29)19-20(4)16-23-12-13-24(17-21(23)5)28(10-2,11-3)25-14-15-26(22(6)18-25)32-33(8,30)31/h12-15,17-18,20,29H,9-11,16,19H2,1-8H3. The van der Waals surface area contributed by atoms with Gasteiger partial charge >= 0.3 is 10.1 Å². The van der Waals surface area contributed by atoms with Crippen molar-refractivity contribution in [1.29, 1.82) is 0 Å². The Kier molecular flexibility index (Phi) is 8.80. The van der Waals surface area contributed by atoms with Gasteiger partial charge in [-0.1, -0.05) is 58.0 Å². The van der Waals surface area contributed by atoms with Gasteiger partial charge in [-0.3, -0.25) is 0 Å². The zero-order valence-corrected chi connectivity index (χ0v) is 22.5. The molecule has 2 aromatic rings. The van der Waals surface area contributed by atoms with E-state index in [0.717, 1.165) is 43.9 Å². The maximum absolute atomic E-state index is 11.6. The highest BCUT2D eigenvalue weighted by molar-refractivity contribution is 7.86. The Labute approximate surface area is 201 Å². The second kappa shape index (κ2) is 10.6. The molecule has 4 nitrogen and oxygen atoms in total. The number of aliphatic hydroxyl groups is 1. The minimum Gasteiger partial charge on any atom is -0.390 e. The Hall–Kier alpha value is -1.85. The van der Waals surface area contributed by atoms with Gasteiger partial charge in [-0.05, 0) is 92.7 Å². The summed E-state index contributed by atoms with van der Waals surface area (Å²) in [5.74, 6) is 0.780. The van der Waals surface area contributed by atoms with Crippen LogP contribution in [0.2, 0.25) is 0 Å². The van der Waals surface area contributed by atoms with Gasteiger partial charge in [-0.2, -0.15) is 8.42 Å². The van der Waals surface area contributed by atoms with Crippen LogP contribution in [-0.2, 0) is 22.0 Å². The number of aryl methyl sites for hydroxylation is 2. The quantitative estimate of drug-likeness (QED) is 0.379. The van der Waals surface area contributed by atoms with Crippen LogP contribution in [0, 0.1) is 19.8 Å². The molecule has 0 radical (unpaired) electrons. The second-order valence-corrected chi connectivity index (χ2v) is 11.6. The van der Waals surface area contributed by atoms with E-state index < -0.39 is 15.7 Å². The van der Waals surface area contributed by atoms with E-state index in [2.05, 4.69) is 52.0 Å². The molecular weight excluding hydrogens is 432 g/mol. The lowest BCUT2D eigenvalue weighted by molar-refractivity contribution is 0.0324. The zero-order valence-electron chi connectivity index (χ0n) is 21.7. The summed E-state index contributed by atoms with van der Waals surface area (Å²) in [6.07, 6.45) is 5.44. The number of hydrogen-bond donors (Lipinski definition) is 1. The first-order chi connectivity index (χ1) is 15.3. The van der Waals surface area contributed by atoms with Crippen LogP contribution < -0.4 is 4.18 Å². The van der Waals surface area contributed by atoms with Crippen molar-refractivity contribution in [3.8, 4) is 5.75 Å². The molecule has 5 heteroatoms. The Bertz CT molecular complexity index is 1050. The minimum atomic E-state index is -3.56. The number of benzene rings is 2. The van der Waals surface area contributed by atoms with Gasteiger partial charge in [0.05, 0.1) is 11.9 Å². The van der Waals surface area contributed by atoms with Crippen LogP contribution in [0.15, 0.2) is 36.4 Å². The van der Waals surface area contributed by atoms with Crippen LogP contribution in [0.5, 0.6) is 5.75 Å². The minimum absolute atomic E-state index is 0.158. The highest BCUT2D eigenvalue weighted by Gasteiger charge is 2.32. The van der Waals surface area contributed by atoms with E-state index in [9.17, 15) is 13.5 Å². The lowest BCUT2D eigenvalue weighted by Crippen LogP contribution is -2.27. The average Bonchev–Trinajstić information content (AvgIpc) is 2.72. The maximum Gasteiger partial charge on any atom is 0.306 e. The first-order valence-electron chi connectivity index (χ1n) is 12.1. The largest absolute Gasteiger partial charge is 0.390 e. The lowest BCUT2D eigenvalue weighted by Gasteiger charge is -2.34. The van der Waals surface area contributed by atoms with Crippen molar-refractivity contribution in [2.24, 2.45) is 5.92 Å². The fourth-order valence-electron chi connectivity index (χ4n) is 5.00. The molecule has 0 aliphatic carbocycles. The van der Waals surface area contributed by atoms with Gasteiger partial charge in [-0.15, -0.1) is 0 Å². The van der Waals surface area contributed by atoms with Crippen LogP contribution >= 0.6 is 0 Å². The van der Waals surface area contributed by atoms with E-state index in [1.54, 1.807) is 6.07 Å². The smallest absolute Gasteiger partial charge is 0.306 e. The van der Waals surface area contributed by atoms with Crippen molar-refractivity contribution in [3.05, 3.63) is 64.2 Å². The SMILES string of the molecule is CCC(C)(O)CC(C)Cc1ccc(C(CC)(CC)c2ccc(OS(C)(=O)=O)c(C)c2)cc1C. The maximum atomic E-state index is 11.6. The third kappa shape index (κ3) is 6.83. The summed E-state index contributed by atoms with van der Waals surface area (Å²) in [7, 11) is -3.56. The molecule has 184 valence electrons. The molecule has 0 saturated carbocycles. The van der Waals surface area contributed by atoms with Gasteiger partial charge in [0.15, 0.2) is 0 Å². The van der Waals surface area contributed by atoms with E-state index >= 15 is 0 Å². The molecule has 0 heterocycles. The predicted molar refractivity (Wildman–Crippen MR) is 138 cm³/mol.